The van der Waals surface area contributed by atoms with Crippen molar-refractivity contribution in [2.24, 2.45) is 0 Å². The summed E-state index contributed by atoms with van der Waals surface area (Å²) < 4.78 is 1.85. The number of hydrogen-bond donors (Lipinski definition) is 1. The molecule has 0 bridgehead atoms. The monoisotopic (exact) mass is 348 g/mol. The van der Waals surface area contributed by atoms with Crippen LogP contribution in [0.1, 0.15) is 27.7 Å². The Kier molecular flexibility index (Phi) is 5.49. The predicted molar refractivity (Wildman–Crippen MR) is 104 cm³/mol. The first-order valence-corrected chi connectivity index (χ1v) is 8.67. The van der Waals surface area contributed by atoms with E-state index in [1.165, 1.54) is 5.56 Å². The molecule has 0 saturated carbocycles. The highest BCUT2D eigenvalue weighted by Gasteiger charge is 2.15. The first kappa shape index (κ1) is 17.9. The number of carbonyl (C=O) groups is 1. The Labute approximate surface area is 154 Å². The molecular weight excluding hydrogens is 324 g/mol. The zero-order valence-corrected chi connectivity index (χ0v) is 15.4. The number of hydrogen-bond acceptors (Lipinski definition) is 3. The van der Waals surface area contributed by atoms with Crippen LogP contribution in [-0.2, 0) is 0 Å². The van der Waals surface area contributed by atoms with Crippen molar-refractivity contribution in [2.45, 2.75) is 13.0 Å². The Morgan fingerprint density at radius 2 is 1.77 bits per heavy atom. The largest absolute Gasteiger partial charge is 0.350 e. The molecule has 0 fully saturated rings. The van der Waals surface area contributed by atoms with E-state index in [9.17, 15) is 4.79 Å². The minimum Gasteiger partial charge on any atom is -0.350 e. The maximum atomic E-state index is 12.5. The third kappa shape index (κ3) is 4.00. The summed E-state index contributed by atoms with van der Waals surface area (Å²) >= 11 is 0. The van der Waals surface area contributed by atoms with Gasteiger partial charge < -0.3 is 10.2 Å². The van der Waals surface area contributed by atoms with Crippen LogP contribution >= 0.6 is 0 Å². The van der Waals surface area contributed by atoms with Gasteiger partial charge in [-0.3, -0.25) is 4.79 Å². The molecule has 1 heterocycles. The van der Waals surface area contributed by atoms with Crippen LogP contribution in [0.4, 0.5) is 0 Å². The minimum atomic E-state index is -0.0727. The molecule has 26 heavy (non-hydrogen) atoms. The van der Waals surface area contributed by atoms with E-state index in [1.54, 1.807) is 6.20 Å². The normalized spacial score (nSPS) is 12.2. The SMILES string of the molecule is Cc1ccnn1-c1ccc(C(=O)NC[C@@H](c2ccccc2)N(C)C)cc1. The average Bonchev–Trinajstić information content (AvgIpc) is 3.08. The molecular formula is C21H24N4O. The third-order valence-corrected chi connectivity index (χ3v) is 4.47. The minimum absolute atomic E-state index is 0.0727. The molecule has 0 aliphatic rings. The molecule has 5 heteroatoms. The number of aryl methyl sites for hydroxylation is 1. The maximum Gasteiger partial charge on any atom is 0.251 e. The van der Waals surface area contributed by atoms with Crippen molar-refractivity contribution in [2.75, 3.05) is 20.6 Å². The van der Waals surface area contributed by atoms with Crippen molar-refractivity contribution in [3.8, 4) is 5.69 Å². The second kappa shape index (κ2) is 7.97. The lowest BCUT2D eigenvalue weighted by Gasteiger charge is -2.25. The molecule has 1 atom stereocenters. The highest BCUT2D eigenvalue weighted by Crippen LogP contribution is 2.17. The molecule has 5 nitrogen and oxygen atoms in total. The van der Waals surface area contributed by atoms with Crippen molar-refractivity contribution in [1.29, 1.82) is 0 Å². The van der Waals surface area contributed by atoms with E-state index in [4.69, 9.17) is 0 Å². The van der Waals surface area contributed by atoms with Gasteiger partial charge in [-0.25, -0.2) is 4.68 Å². The number of nitrogens with one attached hydrogen (secondary N) is 1. The molecule has 3 rings (SSSR count). The van der Waals surface area contributed by atoms with Crippen LogP contribution in [0.2, 0.25) is 0 Å². The molecule has 1 aromatic heterocycles. The lowest BCUT2D eigenvalue weighted by molar-refractivity contribution is 0.0942. The topological polar surface area (TPSA) is 50.2 Å². The number of nitrogens with zero attached hydrogens (tertiary/aromatic N) is 3. The Morgan fingerprint density at radius 3 is 2.35 bits per heavy atom. The quantitative estimate of drug-likeness (QED) is 0.744. The van der Waals surface area contributed by atoms with Crippen molar-refractivity contribution < 1.29 is 4.79 Å². The fourth-order valence-corrected chi connectivity index (χ4v) is 2.96. The molecule has 134 valence electrons. The van der Waals surface area contributed by atoms with E-state index in [2.05, 4.69) is 27.4 Å². The van der Waals surface area contributed by atoms with Crippen LogP contribution in [0.5, 0.6) is 0 Å². The molecule has 3 aromatic rings. The Balaban J connectivity index is 1.67. The highest BCUT2D eigenvalue weighted by molar-refractivity contribution is 5.94. The smallest absolute Gasteiger partial charge is 0.251 e. The van der Waals surface area contributed by atoms with Crippen molar-refractivity contribution in [1.82, 2.24) is 20.0 Å². The van der Waals surface area contributed by atoms with E-state index < -0.39 is 0 Å². The fourth-order valence-electron chi connectivity index (χ4n) is 2.96. The van der Waals surface area contributed by atoms with Gasteiger partial charge in [0.2, 0.25) is 0 Å². The summed E-state index contributed by atoms with van der Waals surface area (Å²) in [6, 6.07) is 19.8. The van der Waals surface area contributed by atoms with E-state index in [0.29, 0.717) is 12.1 Å². The standard InChI is InChI=1S/C21H24N4O/c1-16-13-14-23-25(16)19-11-9-18(10-12-19)21(26)22-15-20(24(2)3)17-7-5-4-6-8-17/h4-14,20H,15H2,1-3H3,(H,22,26)/t20-/m0/s1. The fraction of sp³-hybridized carbons (Fsp3) is 0.238. The zero-order chi connectivity index (χ0) is 18.5. The van der Waals surface area contributed by atoms with E-state index in [-0.39, 0.29) is 11.9 Å². The third-order valence-electron chi connectivity index (χ3n) is 4.47. The molecule has 0 unspecified atom stereocenters. The van der Waals surface area contributed by atoms with Gasteiger partial charge in [0.15, 0.2) is 0 Å². The lowest BCUT2D eigenvalue weighted by Crippen LogP contribution is -2.34. The van der Waals surface area contributed by atoms with Gasteiger partial charge in [0.25, 0.3) is 5.91 Å². The van der Waals surface area contributed by atoms with Crippen molar-refractivity contribution in [3.05, 3.63) is 83.7 Å². The van der Waals surface area contributed by atoms with Crippen LogP contribution in [0.3, 0.4) is 0 Å². The van der Waals surface area contributed by atoms with Gasteiger partial charge in [0, 0.05) is 24.0 Å². The molecule has 0 aliphatic heterocycles. The van der Waals surface area contributed by atoms with E-state index in [0.717, 1.165) is 11.4 Å². The predicted octanol–water partition coefficient (Wildman–Crippen LogP) is 3.21. The zero-order valence-electron chi connectivity index (χ0n) is 15.4. The van der Waals surface area contributed by atoms with Gasteiger partial charge in [0.05, 0.1) is 11.7 Å². The van der Waals surface area contributed by atoms with E-state index in [1.807, 2.05) is 74.2 Å². The summed E-state index contributed by atoms with van der Waals surface area (Å²) in [5, 5.41) is 7.33. The van der Waals surface area contributed by atoms with Crippen LogP contribution in [0.15, 0.2) is 66.9 Å². The number of rotatable bonds is 6. The average molecular weight is 348 g/mol. The summed E-state index contributed by atoms with van der Waals surface area (Å²) in [6.07, 6.45) is 1.76. The summed E-state index contributed by atoms with van der Waals surface area (Å²) in [5.41, 5.74) is 3.82. The van der Waals surface area contributed by atoms with Gasteiger partial charge >= 0.3 is 0 Å². The van der Waals surface area contributed by atoms with Crippen LogP contribution < -0.4 is 5.32 Å². The van der Waals surface area contributed by atoms with Crippen LogP contribution in [-0.4, -0.2) is 41.2 Å². The van der Waals surface area contributed by atoms with Gasteiger partial charge in [-0.1, -0.05) is 30.3 Å². The molecule has 0 radical (unpaired) electrons. The van der Waals surface area contributed by atoms with Crippen LogP contribution in [0, 0.1) is 6.92 Å². The number of amides is 1. The first-order chi connectivity index (χ1) is 12.6. The number of aromatic nitrogens is 2. The second-order valence-electron chi connectivity index (χ2n) is 6.53. The molecule has 0 saturated heterocycles. The molecule has 1 N–H and O–H groups in total. The molecule has 0 aliphatic carbocycles. The molecule has 1 amide bonds. The summed E-state index contributed by atoms with van der Waals surface area (Å²) in [6.45, 7) is 2.55. The van der Waals surface area contributed by atoms with Gasteiger partial charge in [-0.05, 0) is 56.9 Å². The maximum absolute atomic E-state index is 12.5. The summed E-state index contributed by atoms with van der Waals surface area (Å²) in [7, 11) is 4.04. The summed E-state index contributed by atoms with van der Waals surface area (Å²) in [5.74, 6) is -0.0727. The highest BCUT2D eigenvalue weighted by atomic mass is 16.1. The van der Waals surface area contributed by atoms with Crippen molar-refractivity contribution in [3.63, 3.8) is 0 Å². The Hall–Kier alpha value is -2.92. The van der Waals surface area contributed by atoms with Gasteiger partial charge in [-0.2, -0.15) is 5.10 Å². The van der Waals surface area contributed by atoms with Crippen molar-refractivity contribution >= 4 is 5.91 Å². The molecule has 0 spiro atoms. The first-order valence-electron chi connectivity index (χ1n) is 8.67. The molecule has 2 aromatic carbocycles. The lowest BCUT2D eigenvalue weighted by atomic mass is 10.1. The van der Waals surface area contributed by atoms with Crippen LogP contribution in [0.25, 0.3) is 5.69 Å². The number of benzene rings is 2. The van der Waals surface area contributed by atoms with Gasteiger partial charge in [0.1, 0.15) is 0 Å². The van der Waals surface area contributed by atoms with Gasteiger partial charge in [-0.15, -0.1) is 0 Å². The number of carbonyl (C=O) groups excluding carboxylic acids is 1. The Morgan fingerprint density at radius 1 is 1.08 bits per heavy atom. The Bertz CT molecular complexity index is 853. The summed E-state index contributed by atoms with van der Waals surface area (Å²) in [4.78, 5) is 14.6. The second-order valence-corrected chi connectivity index (χ2v) is 6.53. The van der Waals surface area contributed by atoms with E-state index >= 15 is 0 Å². The number of likely N-dealkylation sites (N-methyl/N-ethyl adjacent to an activating group) is 1.